The fourth-order valence-corrected chi connectivity index (χ4v) is 3.16. The van der Waals surface area contributed by atoms with E-state index in [1.807, 2.05) is 7.05 Å². The zero-order chi connectivity index (χ0) is 15.6. The molecule has 1 aromatic carbocycles. The Morgan fingerprint density at radius 3 is 2.67 bits per heavy atom. The van der Waals surface area contributed by atoms with Crippen LogP contribution in [0.5, 0.6) is 5.75 Å². The number of anilines is 1. The molecule has 0 bridgehead atoms. The summed E-state index contributed by atoms with van der Waals surface area (Å²) in [6.45, 7) is 0.876. The molecule has 0 atom stereocenters. The van der Waals surface area contributed by atoms with E-state index in [4.69, 9.17) is 10.5 Å². The number of ether oxygens (including phenoxy) is 1. The van der Waals surface area contributed by atoms with Gasteiger partial charge in [-0.1, -0.05) is 0 Å². The molecule has 1 aromatic rings. The molecule has 0 spiro atoms. The van der Waals surface area contributed by atoms with Crippen molar-refractivity contribution in [2.24, 2.45) is 0 Å². The van der Waals surface area contributed by atoms with Crippen LogP contribution < -0.4 is 15.2 Å². The van der Waals surface area contributed by atoms with Gasteiger partial charge in [-0.25, -0.2) is 17.5 Å². The van der Waals surface area contributed by atoms with E-state index in [-0.39, 0.29) is 22.9 Å². The number of hydrogen-bond donors (Lipinski definition) is 2. The summed E-state index contributed by atoms with van der Waals surface area (Å²) in [4.78, 5) is 1.90. The van der Waals surface area contributed by atoms with Gasteiger partial charge < -0.3 is 15.4 Å². The zero-order valence-corrected chi connectivity index (χ0v) is 12.9. The number of methoxy groups -OCH3 is 1. The number of sulfonamides is 1. The summed E-state index contributed by atoms with van der Waals surface area (Å²) in [5, 5.41) is 0. The van der Waals surface area contributed by atoms with E-state index in [0.717, 1.165) is 18.9 Å². The van der Waals surface area contributed by atoms with Crippen molar-refractivity contribution in [3.8, 4) is 5.75 Å². The summed E-state index contributed by atoms with van der Waals surface area (Å²) < 4.78 is 45.1. The predicted octanol–water partition coefficient (Wildman–Crippen LogP) is 0.789. The first kappa shape index (κ1) is 16.0. The van der Waals surface area contributed by atoms with Gasteiger partial charge in [-0.3, -0.25) is 0 Å². The summed E-state index contributed by atoms with van der Waals surface area (Å²) in [5.74, 6) is -0.949. The second-order valence-corrected chi connectivity index (χ2v) is 6.90. The summed E-state index contributed by atoms with van der Waals surface area (Å²) >= 11 is 0. The summed E-state index contributed by atoms with van der Waals surface area (Å²) in [7, 11) is -0.555. The molecule has 1 fully saturated rings. The maximum Gasteiger partial charge on any atom is 0.240 e. The van der Waals surface area contributed by atoms with Crippen molar-refractivity contribution in [2.75, 3.05) is 33.0 Å². The summed E-state index contributed by atoms with van der Waals surface area (Å²) in [5.41, 5.74) is 5.54. The molecule has 0 aromatic heterocycles. The molecule has 1 saturated carbocycles. The molecule has 0 saturated heterocycles. The number of halogens is 1. The Hall–Kier alpha value is -1.38. The SMILES string of the molecule is COc1c(N)cc(S(=O)(=O)NCCN(C)C2CC2)cc1F. The Bertz CT molecular complexity index is 594. The Kier molecular flexibility index (Phi) is 4.70. The molecule has 0 aliphatic heterocycles. The van der Waals surface area contributed by atoms with Gasteiger partial charge in [0, 0.05) is 19.1 Å². The number of nitrogens with one attached hydrogen (secondary N) is 1. The van der Waals surface area contributed by atoms with Crippen molar-refractivity contribution in [1.82, 2.24) is 9.62 Å². The highest BCUT2D eigenvalue weighted by Gasteiger charge is 2.26. The van der Waals surface area contributed by atoms with Gasteiger partial charge in [-0.05, 0) is 32.0 Å². The predicted molar refractivity (Wildman–Crippen MR) is 78.2 cm³/mol. The normalized spacial score (nSPS) is 15.4. The lowest BCUT2D eigenvalue weighted by atomic mass is 10.3. The number of rotatable bonds is 7. The lowest BCUT2D eigenvalue weighted by Crippen LogP contribution is -2.34. The molecule has 3 N–H and O–H groups in total. The number of likely N-dealkylation sites (N-methyl/N-ethyl adjacent to an activating group) is 1. The van der Waals surface area contributed by atoms with Crippen LogP contribution in [0.4, 0.5) is 10.1 Å². The quantitative estimate of drug-likeness (QED) is 0.726. The third kappa shape index (κ3) is 3.84. The monoisotopic (exact) mass is 317 g/mol. The van der Waals surface area contributed by atoms with E-state index in [9.17, 15) is 12.8 Å². The van der Waals surface area contributed by atoms with E-state index in [1.165, 1.54) is 13.2 Å². The molecule has 0 radical (unpaired) electrons. The van der Waals surface area contributed by atoms with Crippen molar-refractivity contribution in [1.29, 1.82) is 0 Å². The molecule has 0 heterocycles. The van der Waals surface area contributed by atoms with Crippen LogP contribution in [0.3, 0.4) is 0 Å². The van der Waals surface area contributed by atoms with Crippen molar-refractivity contribution in [2.45, 2.75) is 23.8 Å². The number of benzene rings is 1. The standard InChI is InChI=1S/C13H20FN3O3S/c1-17(9-3-4-9)6-5-16-21(18,19)10-7-11(14)13(20-2)12(15)8-10/h7-9,16H,3-6,15H2,1-2H3. The first-order valence-corrected chi connectivity index (χ1v) is 8.16. The van der Waals surface area contributed by atoms with Crippen LogP contribution in [-0.2, 0) is 10.0 Å². The number of nitrogens with two attached hydrogens (primary N) is 1. The Balaban J connectivity index is 2.04. The van der Waals surface area contributed by atoms with Crippen LogP contribution in [0.25, 0.3) is 0 Å². The van der Waals surface area contributed by atoms with E-state index in [1.54, 1.807) is 0 Å². The van der Waals surface area contributed by atoms with Crippen LogP contribution in [0, 0.1) is 5.82 Å². The highest BCUT2D eigenvalue weighted by atomic mass is 32.2. The van der Waals surface area contributed by atoms with Gasteiger partial charge in [0.15, 0.2) is 11.6 Å². The van der Waals surface area contributed by atoms with Crippen LogP contribution >= 0.6 is 0 Å². The molecule has 0 unspecified atom stereocenters. The molecule has 118 valence electrons. The molecule has 0 amide bonds. The van der Waals surface area contributed by atoms with Gasteiger partial charge >= 0.3 is 0 Å². The van der Waals surface area contributed by atoms with Crippen molar-refractivity contribution < 1.29 is 17.5 Å². The fourth-order valence-electron chi connectivity index (χ4n) is 2.10. The van der Waals surface area contributed by atoms with Gasteiger partial charge in [0.2, 0.25) is 10.0 Å². The van der Waals surface area contributed by atoms with Crippen molar-refractivity contribution in [3.05, 3.63) is 17.9 Å². The van der Waals surface area contributed by atoms with Gasteiger partial charge in [0.25, 0.3) is 0 Å². The highest BCUT2D eigenvalue weighted by molar-refractivity contribution is 7.89. The van der Waals surface area contributed by atoms with Crippen LogP contribution in [-0.4, -0.2) is 46.6 Å². The van der Waals surface area contributed by atoms with Crippen LogP contribution in [0.2, 0.25) is 0 Å². The van der Waals surface area contributed by atoms with Gasteiger partial charge in [-0.15, -0.1) is 0 Å². The minimum Gasteiger partial charge on any atom is -0.492 e. The van der Waals surface area contributed by atoms with Crippen LogP contribution in [0.15, 0.2) is 17.0 Å². The summed E-state index contributed by atoms with van der Waals surface area (Å²) in [6, 6.07) is 2.65. The lowest BCUT2D eigenvalue weighted by Gasteiger charge is -2.16. The molecule has 1 aliphatic rings. The molecule has 21 heavy (non-hydrogen) atoms. The average molecular weight is 317 g/mol. The van der Waals surface area contributed by atoms with Gasteiger partial charge in [0.05, 0.1) is 17.7 Å². The molecule has 6 nitrogen and oxygen atoms in total. The first-order chi connectivity index (χ1) is 9.85. The number of nitrogen functional groups attached to an aromatic ring is 1. The Labute approximate surface area is 124 Å². The number of nitrogens with zero attached hydrogens (tertiary/aromatic N) is 1. The molecule has 1 aliphatic carbocycles. The molecular formula is C13H20FN3O3S. The van der Waals surface area contributed by atoms with Gasteiger partial charge in [0.1, 0.15) is 0 Å². The summed E-state index contributed by atoms with van der Waals surface area (Å²) in [6.07, 6.45) is 2.31. The highest BCUT2D eigenvalue weighted by Crippen LogP contribution is 2.28. The maximum atomic E-state index is 13.7. The van der Waals surface area contributed by atoms with E-state index < -0.39 is 15.8 Å². The molecular weight excluding hydrogens is 297 g/mol. The van der Waals surface area contributed by atoms with E-state index in [0.29, 0.717) is 12.6 Å². The second kappa shape index (κ2) is 6.17. The van der Waals surface area contributed by atoms with Crippen molar-refractivity contribution in [3.63, 3.8) is 0 Å². The largest absolute Gasteiger partial charge is 0.492 e. The topological polar surface area (TPSA) is 84.7 Å². The van der Waals surface area contributed by atoms with Gasteiger partial charge in [-0.2, -0.15) is 0 Å². The van der Waals surface area contributed by atoms with E-state index >= 15 is 0 Å². The minimum atomic E-state index is -3.78. The fraction of sp³-hybridized carbons (Fsp3) is 0.538. The molecule has 8 heteroatoms. The van der Waals surface area contributed by atoms with Crippen LogP contribution in [0.1, 0.15) is 12.8 Å². The third-order valence-corrected chi connectivity index (χ3v) is 4.93. The lowest BCUT2D eigenvalue weighted by molar-refractivity contribution is 0.329. The van der Waals surface area contributed by atoms with Crippen molar-refractivity contribution >= 4 is 15.7 Å². The third-order valence-electron chi connectivity index (χ3n) is 3.49. The minimum absolute atomic E-state index is 0.0482. The smallest absolute Gasteiger partial charge is 0.240 e. The Morgan fingerprint density at radius 2 is 2.14 bits per heavy atom. The zero-order valence-electron chi connectivity index (χ0n) is 12.1. The maximum absolute atomic E-state index is 13.7. The average Bonchev–Trinajstić information content (AvgIpc) is 3.22. The van der Waals surface area contributed by atoms with E-state index in [2.05, 4.69) is 9.62 Å². The number of hydrogen-bond acceptors (Lipinski definition) is 5. The Morgan fingerprint density at radius 1 is 1.48 bits per heavy atom. The first-order valence-electron chi connectivity index (χ1n) is 6.68. The second-order valence-electron chi connectivity index (χ2n) is 5.14. The molecule has 2 rings (SSSR count).